The lowest BCUT2D eigenvalue weighted by Gasteiger charge is -2.26. The summed E-state index contributed by atoms with van der Waals surface area (Å²) in [4.78, 5) is 2.09. The van der Waals surface area contributed by atoms with E-state index in [1.54, 1.807) is 0 Å². The number of aliphatic hydroxyl groups is 1. The van der Waals surface area contributed by atoms with E-state index >= 15 is 0 Å². The van der Waals surface area contributed by atoms with E-state index < -0.39 is 5.38 Å². The normalized spacial score (nSPS) is 13.3. The molecule has 0 bridgehead atoms. The Bertz CT molecular complexity index is 167. The minimum Gasteiger partial charge on any atom is -0.396 e. The van der Waals surface area contributed by atoms with E-state index in [-0.39, 0.29) is 6.61 Å². The van der Waals surface area contributed by atoms with E-state index in [9.17, 15) is 0 Å². The molecule has 0 aliphatic heterocycles. The van der Waals surface area contributed by atoms with E-state index in [1.165, 1.54) is 0 Å². The first kappa shape index (κ1) is 12.7. The van der Waals surface area contributed by atoms with Gasteiger partial charge in [-0.15, -0.1) is 11.6 Å². The molecule has 1 unspecified atom stereocenters. The molecule has 0 fully saturated rings. The van der Waals surface area contributed by atoms with Crippen LogP contribution in [-0.2, 0) is 0 Å². The fraction of sp³-hybridized carbons (Fsp3) is 0.889. The second-order valence-corrected chi connectivity index (χ2v) is 3.79. The molecule has 76 valence electrons. The molecule has 0 aliphatic carbocycles. The molecule has 3 nitrogen and oxygen atoms in total. The van der Waals surface area contributed by atoms with Gasteiger partial charge < -0.3 is 5.11 Å². The van der Waals surface area contributed by atoms with Crippen LogP contribution in [0.15, 0.2) is 0 Å². The van der Waals surface area contributed by atoms with E-state index in [1.807, 2.05) is 6.07 Å². The van der Waals surface area contributed by atoms with Gasteiger partial charge in [0.25, 0.3) is 0 Å². The van der Waals surface area contributed by atoms with Crippen LogP contribution in [0.2, 0.25) is 0 Å². The van der Waals surface area contributed by atoms with Crippen LogP contribution < -0.4 is 0 Å². The second-order valence-electron chi connectivity index (χ2n) is 3.26. The average molecular weight is 205 g/mol. The quantitative estimate of drug-likeness (QED) is 0.662. The van der Waals surface area contributed by atoms with Crippen LogP contribution in [-0.4, -0.2) is 41.1 Å². The largest absolute Gasteiger partial charge is 0.396 e. The monoisotopic (exact) mass is 204 g/mol. The maximum Gasteiger partial charge on any atom is 0.133 e. The SMILES string of the molecule is CC(C)N(CCCO)CC(Cl)C#N. The first-order valence-corrected chi connectivity index (χ1v) is 4.94. The van der Waals surface area contributed by atoms with Gasteiger partial charge in [-0.3, -0.25) is 4.90 Å². The van der Waals surface area contributed by atoms with Crippen molar-refractivity contribution in [1.82, 2.24) is 4.90 Å². The Hall–Kier alpha value is -0.300. The molecule has 0 aliphatic rings. The lowest BCUT2D eigenvalue weighted by atomic mass is 10.2. The molecule has 0 aromatic carbocycles. The van der Waals surface area contributed by atoms with Crippen LogP contribution in [0.4, 0.5) is 0 Å². The molecular formula is C9H17ClN2O. The van der Waals surface area contributed by atoms with Gasteiger partial charge in [0, 0.05) is 25.7 Å². The lowest BCUT2D eigenvalue weighted by molar-refractivity contribution is 0.196. The van der Waals surface area contributed by atoms with Crippen LogP contribution in [0.25, 0.3) is 0 Å². The molecule has 0 aromatic rings. The highest BCUT2D eigenvalue weighted by molar-refractivity contribution is 6.22. The van der Waals surface area contributed by atoms with Gasteiger partial charge in [0.05, 0.1) is 6.07 Å². The molecule has 0 spiro atoms. The van der Waals surface area contributed by atoms with E-state index in [4.69, 9.17) is 22.0 Å². The van der Waals surface area contributed by atoms with Gasteiger partial charge in [-0.05, 0) is 20.3 Å². The summed E-state index contributed by atoms with van der Waals surface area (Å²) in [6.07, 6.45) is 0.729. The highest BCUT2D eigenvalue weighted by atomic mass is 35.5. The van der Waals surface area contributed by atoms with Crippen molar-refractivity contribution in [2.45, 2.75) is 31.7 Å². The summed E-state index contributed by atoms with van der Waals surface area (Å²) in [6, 6.07) is 2.35. The van der Waals surface area contributed by atoms with Crippen LogP contribution in [0.3, 0.4) is 0 Å². The number of halogens is 1. The third-order valence-corrected chi connectivity index (χ3v) is 2.10. The van der Waals surface area contributed by atoms with Gasteiger partial charge in [0.2, 0.25) is 0 Å². The molecule has 0 heterocycles. The summed E-state index contributed by atoms with van der Waals surface area (Å²) >= 11 is 5.72. The van der Waals surface area contributed by atoms with Crippen molar-refractivity contribution in [2.24, 2.45) is 0 Å². The van der Waals surface area contributed by atoms with Gasteiger partial charge >= 0.3 is 0 Å². The molecule has 4 heteroatoms. The molecule has 13 heavy (non-hydrogen) atoms. The van der Waals surface area contributed by atoms with Gasteiger partial charge in [-0.25, -0.2) is 0 Å². The molecular weight excluding hydrogens is 188 g/mol. The Morgan fingerprint density at radius 3 is 2.54 bits per heavy atom. The molecule has 0 amide bonds. The van der Waals surface area contributed by atoms with Crippen molar-refractivity contribution in [3.05, 3.63) is 0 Å². The average Bonchev–Trinajstić information content (AvgIpc) is 2.11. The zero-order valence-corrected chi connectivity index (χ0v) is 8.96. The number of rotatable bonds is 6. The van der Waals surface area contributed by atoms with Crippen molar-refractivity contribution in [2.75, 3.05) is 19.7 Å². The summed E-state index contributed by atoms with van der Waals surface area (Å²) in [5, 5.41) is 16.7. The molecule has 1 atom stereocenters. The van der Waals surface area contributed by atoms with E-state index in [0.717, 1.165) is 13.0 Å². The minimum absolute atomic E-state index is 0.183. The van der Waals surface area contributed by atoms with Crippen molar-refractivity contribution in [3.63, 3.8) is 0 Å². The van der Waals surface area contributed by atoms with Crippen LogP contribution in [0.5, 0.6) is 0 Å². The molecule has 0 aromatic heterocycles. The van der Waals surface area contributed by atoms with Gasteiger partial charge in [-0.2, -0.15) is 5.26 Å². The molecule has 0 saturated heterocycles. The zero-order valence-electron chi connectivity index (χ0n) is 8.20. The predicted octanol–water partition coefficient (Wildman–Crippen LogP) is 1.21. The fourth-order valence-electron chi connectivity index (χ4n) is 1.08. The van der Waals surface area contributed by atoms with E-state index in [2.05, 4.69) is 18.7 Å². The smallest absolute Gasteiger partial charge is 0.133 e. The first-order chi connectivity index (χ1) is 6.11. The number of aliphatic hydroxyl groups excluding tert-OH is 1. The summed E-state index contributed by atoms with van der Waals surface area (Å²) in [5.74, 6) is 0. The molecule has 0 saturated carbocycles. The number of hydrogen-bond acceptors (Lipinski definition) is 3. The first-order valence-electron chi connectivity index (χ1n) is 4.50. The Balaban J connectivity index is 3.88. The number of hydrogen-bond donors (Lipinski definition) is 1. The Labute approximate surface area is 84.9 Å². The summed E-state index contributed by atoms with van der Waals surface area (Å²) in [7, 11) is 0. The van der Waals surface area contributed by atoms with Crippen LogP contribution in [0, 0.1) is 11.3 Å². The van der Waals surface area contributed by atoms with Crippen molar-refractivity contribution >= 4 is 11.6 Å². The van der Waals surface area contributed by atoms with Crippen molar-refractivity contribution in [3.8, 4) is 6.07 Å². The molecule has 0 radical (unpaired) electrons. The maximum atomic E-state index is 8.66. The van der Waals surface area contributed by atoms with Crippen molar-refractivity contribution < 1.29 is 5.11 Å². The minimum atomic E-state index is -0.457. The fourth-order valence-corrected chi connectivity index (χ4v) is 1.26. The highest BCUT2D eigenvalue weighted by Gasteiger charge is 2.13. The maximum absolute atomic E-state index is 8.66. The zero-order chi connectivity index (χ0) is 10.3. The van der Waals surface area contributed by atoms with Gasteiger partial charge in [0.1, 0.15) is 5.38 Å². The Morgan fingerprint density at radius 1 is 1.54 bits per heavy atom. The van der Waals surface area contributed by atoms with E-state index in [0.29, 0.717) is 12.6 Å². The molecule has 0 rings (SSSR count). The Kier molecular flexibility index (Phi) is 6.97. The second kappa shape index (κ2) is 7.14. The van der Waals surface area contributed by atoms with Crippen LogP contribution >= 0.6 is 11.6 Å². The van der Waals surface area contributed by atoms with Crippen molar-refractivity contribution in [1.29, 1.82) is 5.26 Å². The van der Waals surface area contributed by atoms with Crippen LogP contribution in [0.1, 0.15) is 20.3 Å². The third kappa shape index (κ3) is 5.87. The number of nitrogens with zero attached hydrogens (tertiary/aromatic N) is 2. The van der Waals surface area contributed by atoms with Gasteiger partial charge in [0.15, 0.2) is 0 Å². The predicted molar refractivity (Wildman–Crippen MR) is 53.7 cm³/mol. The lowest BCUT2D eigenvalue weighted by Crippen LogP contribution is -2.36. The Morgan fingerprint density at radius 2 is 2.15 bits per heavy atom. The summed E-state index contributed by atoms with van der Waals surface area (Å²) in [6.45, 7) is 5.65. The number of nitriles is 1. The summed E-state index contributed by atoms with van der Waals surface area (Å²) < 4.78 is 0. The topological polar surface area (TPSA) is 47.3 Å². The standard InChI is InChI=1S/C9H17ClN2O/c1-8(2)12(4-3-5-13)7-9(10)6-11/h8-9,13H,3-5,7H2,1-2H3. The highest BCUT2D eigenvalue weighted by Crippen LogP contribution is 2.04. The van der Waals surface area contributed by atoms with Gasteiger partial charge in [-0.1, -0.05) is 0 Å². The number of alkyl halides is 1. The third-order valence-electron chi connectivity index (χ3n) is 1.87. The molecule has 1 N–H and O–H groups in total. The summed E-state index contributed by atoms with van der Waals surface area (Å²) in [5.41, 5.74) is 0.